The molecule has 2 spiro atoms. The molecule has 2 saturated carbocycles. The molecule has 6 heteroatoms. The van der Waals surface area contributed by atoms with Crippen LogP contribution in [0.2, 0.25) is 0 Å². The fourth-order valence-corrected chi connectivity index (χ4v) is 9.33. The molecular formula is C30H37FN2O3. The van der Waals surface area contributed by atoms with Gasteiger partial charge in [0.15, 0.2) is 0 Å². The average molecular weight is 493 g/mol. The summed E-state index contributed by atoms with van der Waals surface area (Å²) in [5, 5.41) is 24.4. The van der Waals surface area contributed by atoms with E-state index in [-0.39, 0.29) is 29.7 Å². The summed E-state index contributed by atoms with van der Waals surface area (Å²) < 4.78 is 24.4. The second-order valence-corrected chi connectivity index (χ2v) is 12.8. The Labute approximate surface area is 212 Å². The van der Waals surface area contributed by atoms with E-state index < -0.39 is 29.1 Å². The molecule has 3 aliphatic carbocycles. The summed E-state index contributed by atoms with van der Waals surface area (Å²) in [6.45, 7) is 2.32. The predicted octanol–water partition coefficient (Wildman–Crippen LogP) is 4.51. The number of ether oxygens (including phenoxy) is 1. The van der Waals surface area contributed by atoms with Gasteiger partial charge in [0, 0.05) is 35.7 Å². The molecule has 1 aromatic heterocycles. The van der Waals surface area contributed by atoms with Gasteiger partial charge in [0.25, 0.3) is 0 Å². The van der Waals surface area contributed by atoms with Crippen LogP contribution in [0, 0.1) is 17.3 Å². The van der Waals surface area contributed by atoms with E-state index in [0.717, 1.165) is 24.6 Å². The number of likely N-dealkylation sites (N-methyl/N-ethyl adjacent to an activating group) is 1. The lowest BCUT2D eigenvalue weighted by Gasteiger charge is -2.64. The van der Waals surface area contributed by atoms with Gasteiger partial charge in [-0.25, -0.2) is 4.39 Å². The topological polar surface area (TPSA) is 65.8 Å². The molecule has 2 aliphatic heterocycles. The summed E-state index contributed by atoms with van der Waals surface area (Å²) >= 11 is 0. The largest absolute Gasteiger partial charge is 0.390 e. The Morgan fingerprint density at radius 2 is 1.89 bits per heavy atom. The van der Waals surface area contributed by atoms with E-state index >= 15 is 4.39 Å². The lowest BCUT2D eigenvalue weighted by molar-refractivity contribution is -0.314. The van der Waals surface area contributed by atoms with E-state index in [1.165, 1.54) is 16.5 Å². The van der Waals surface area contributed by atoms with Crippen LogP contribution < -0.4 is 0 Å². The first-order valence-corrected chi connectivity index (χ1v) is 13.6. The number of aliphatic hydroxyl groups excluding tert-OH is 2. The number of hydrogen-bond donors (Lipinski definition) is 2. The van der Waals surface area contributed by atoms with E-state index in [0.29, 0.717) is 19.3 Å². The maximum atomic E-state index is 17.3. The standard InChI is InChI=1S/C30H37FN2O3/c1-27-10-12-29(31)15-22-25(34)26(35)23(33(2)3)16-28(22)11-13-30(29,36-28)24(27)8-7-21(27)19-6-4-5-18-9-14-32-17-20(18)19/h4-7,9,14,17,22-26,34-35H,8,10-13,15-16H2,1-3H3. The minimum Gasteiger partial charge on any atom is -0.390 e. The van der Waals surface area contributed by atoms with Gasteiger partial charge in [0.2, 0.25) is 0 Å². The zero-order valence-corrected chi connectivity index (χ0v) is 21.5. The van der Waals surface area contributed by atoms with Crippen molar-refractivity contribution >= 4 is 16.3 Å². The Morgan fingerprint density at radius 3 is 2.69 bits per heavy atom. The van der Waals surface area contributed by atoms with Crippen molar-refractivity contribution in [2.75, 3.05) is 14.1 Å². The van der Waals surface area contributed by atoms with Gasteiger partial charge >= 0.3 is 0 Å². The molecule has 5 aliphatic rings. The molecule has 3 heterocycles. The van der Waals surface area contributed by atoms with Gasteiger partial charge in [0.05, 0.1) is 17.8 Å². The Kier molecular flexibility index (Phi) is 4.77. The smallest absolute Gasteiger partial charge is 0.140 e. The van der Waals surface area contributed by atoms with Crippen LogP contribution in [0.3, 0.4) is 0 Å². The monoisotopic (exact) mass is 492 g/mol. The van der Waals surface area contributed by atoms with Crippen LogP contribution in [-0.4, -0.2) is 69.3 Å². The summed E-state index contributed by atoms with van der Waals surface area (Å²) in [5.41, 5.74) is -0.592. The van der Waals surface area contributed by atoms with Crippen molar-refractivity contribution < 1.29 is 19.3 Å². The van der Waals surface area contributed by atoms with Gasteiger partial charge in [-0.05, 0) is 87.0 Å². The highest BCUT2D eigenvalue weighted by Crippen LogP contribution is 2.73. The number of halogens is 1. The Bertz CT molecular complexity index is 1260. The van der Waals surface area contributed by atoms with Crippen molar-refractivity contribution in [1.82, 2.24) is 9.88 Å². The molecule has 1 aromatic carbocycles. The molecule has 2 aromatic rings. The van der Waals surface area contributed by atoms with Crippen molar-refractivity contribution in [1.29, 1.82) is 0 Å². The molecule has 192 valence electrons. The van der Waals surface area contributed by atoms with Crippen molar-refractivity contribution in [3.8, 4) is 0 Å². The van der Waals surface area contributed by atoms with Crippen LogP contribution in [0.25, 0.3) is 16.3 Å². The molecule has 9 unspecified atom stereocenters. The predicted molar refractivity (Wildman–Crippen MR) is 137 cm³/mol. The lowest BCUT2D eigenvalue weighted by Crippen LogP contribution is -2.72. The molecule has 4 fully saturated rings. The molecule has 36 heavy (non-hydrogen) atoms. The SMILES string of the molecule is CN(C)C1CC23CCC4(O2)C2CC=C(c5cccc6ccncc56)C2(C)CCC4(F)CC3C(O)C1O. The number of rotatable bonds is 2. The number of aliphatic hydroxyl groups is 2. The number of hydrogen-bond acceptors (Lipinski definition) is 5. The van der Waals surface area contributed by atoms with E-state index in [1.54, 1.807) is 0 Å². The van der Waals surface area contributed by atoms with Crippen LogP contribution in [0.4, 0.5) is 4.39 Å². The number of aromatic nitrogens is 1. The Hall–Kier alpha value is -1.86. The van der Waals surface area contributed by atoms with Gasteiger partial charge in [-0.15, -0.1) is 0 Å². The highest BCUT2D eigenvalue weighted by Gasteiger charge is 2.77. The molecule has 7 rings (SSSR count). The molecule has 5 nitrogen and oxygen atoms in total. The molecular weight excluding hydrogens is 455 g/mol. The molecule has 2 saturated heterocycles. The van der Waals surface area contributed by atoms with Crippen molar-refractivity contribution in [2.45, 2.75) is 87.0 Å². The number of pyridine rings is 1. The van der Waals surface area contributed by atoms with Gasteiger partial charge in [0.1, 0.15) is 11.3 Å². The Morgan fingerprint density at radius 1 is 1.06 bits per heavy atom. The minimum atomic E-state index is -1.49. The van der Waals surface area contributed by atoms with Crippen LogP contribution >= 0.6 is 0 Å². The maximum Gasteiger partial charge on any atom is 0.140 e. The third-order valence-electron chi connectivity index (χ3n) is 11.2. The first-order chi connectivity index (χ1) is 17.1. The quantitative estimate of drug-likeness (QED) is 0.646. The average Bonchev–Trinajstić information content (AvgIpc) is 3.39. The first kappa shape index (κ1) is 23.3. The zero-order chi connectivity index (χ0) is 25.1. The third-order valence-corrected chi connectivity index (χ3v) is 11.2. The summed E-state index contributed by atoms with van der Waals surface area (Å²) in [6.07, 6.45) is 8.60. The molecule has 2 bridgehead atoms. The highest BCUT2D eigenvalue weighted by atomic mass is 19.1. The van der Waals surface area contributed by atoms with E-state index in [9.17, 15) is 10.2 Å². The molecule has 0 amide bonds. The first-order valence-electron chi connectivity index (χ1n) is 13.6. The van der Waals surface area contributed by atoms with Gasteiger partial charge in [-0.3, -0.25) is 4.98 Å². The number of nitrogens with zero attached hydrogens (tertiary/aromatic N) is 2. The zero-order valence-electron chi connectivity index (χ0n) is 21.5. The van der Waals surface area contributed by atoms with Gasteiger partial charge in [-0.2, -0.15) is 0 Å². The van der Waals surface area contributed by atoms with Crippen molar-refractivity contribution in [3.05, 3.63) is 48.3 Å². The molecule has 2 N–H and O–H groups in total. The summed E-state index contributed by atoms with van der Waals surface area (Å²) in [4.78, 5) is 6.39. The van der Waals surface area contributed by atoms with Crippen LogP contribution in [0.15, 0.2) is 42.7 Å². The van der Waals surface area contributed by atoms with Crippen LogP contribution in [0.5, 0.6) is 0 Å². The summed E-state index contributed by atoms with van der Waals surface area (Å²) in [5.74, 6) is -0.320. The lowest BCUT2D eigenvalue weighted by atomic mass is 9.51. The van der Waals surface area contributed by atoms with Gasteiger partial charge in [-0.1, -0.05) is 31.2 Å². The maximum absolute atomic E-state index is 17.3. The second-order valence-electron chi connectivity index (χ2n) is 12.8. The summed E-state index contributed by atoms with van der Waals surface area (Å²) in [7, 11) is 3.88. The third kappa shape index (κ3) is 2.72. The fraction of sp³-hybridized carbons (Fsp3) is 0.633. The van der Waals surface area contributed by atoms with Gasteiger partial charge < -0.3 is 19.8 Å². The van der Waals surface area contributed by atoms with Crippen molar-refractivity contribution in [2.24, 2.45) is 17.3 Å². The van der Waals surface area contributed by atoms with E-state index in [2.05, 4.69) is 42.2 Å². The molecule has 0 radical (unpaired) electrons. The normalized spacial score (nSPS) is 47.4. The number of benzene rings is 1. The highest BCUT2D eigenvalue weighted by molar-refractivity contribution is 5.95. The van der Waals surface area contributed by atoms with Crippen molar-refractivity contribution in [3.63, 3.8) is 0 Å². The minimum absolute atomic E-state index is 0.0489. The summed E-state index contributed by atoms with van der Waals surface area (Å²) in [6, 6.07) is 8.27. The Balaban J connectivity index is 1.30. The van der Waals surface area contributed by atoms with Crippen LogP contribution in [-0.2, 0) is 4.74 Å². The number of alkyl halides is 1. The number of fused-ring (bicyclic) bond motifs is 2. The second kappa shape index (κ2) is 7.37. The fourth-order valence-electron chi connectivity index (χ4n) is 9.33. The molecule has 9 atom stereocenters. The van der Waals surface area contributed by atoms with Crippen LogP contribution in [0.1, 0.15) is 57.4 Å². The van der Waals surface area contributed by atoms with E-state index in [1.807, 2.05) is 31.4 Å². The van der Waals surface area contributed by atoms with E-state index in [4.69, 9.17) is 4.74 Å². The number of allylic oxidation sites excluding steroid dienone is 2.